The average molecular weight is 272 g/mol. The first-order chi connectivity index (χ1) is 8.70. The number of ether oxygens (including phenoxy) is 1. The van der Waals surface area contributed by atoms with Crippen molar-refractivity contribution < 1.29 is 4.74 Å². The summed E-state index contributed by atoms with van der Waals surface area (Å²) in [7, 11) is 0. The molecule has 0 aromatic carbocycles. The van der Waals surface area contributed by atoms with Crippen LogP contribution in [0.1, 0.15) is 20.3 Å². The normalized spacial score (nSPS) is 29.0. The van der Waals surface area contributed by atoms with E-state index in [9.17, 15) is 0 Å². The van der Waals surface area contributed by atoms with Gasteiger partial charge in [0.05, 0.1) is 13.2 Å². The molecule has 2 unspecified atom stereocenters. The second kappa shape index (κ2) is 7.13. The lowest BCUT2D eigenvalue weighted by atomic mass is 9.97. The van der Waals surface area contributed by atoms with E-state index in [0.717, 1.165) is 49.9 Å². The molecular weight excluding hydrogens is 244 g/mol. The van der Waals surface area contributed by atoms with Crippen molar-refractivity contribution in [3.8, 4) is 0 Å². The van der Waals surface area contributed by atoms with Crippen molar-refractivity contribution in [2.75, 3.05) is 51.7 Å². The van der Waals surface area contributed by atoms with Gasteiger partial charge in [0.25, 0.3) is 0 Å². The fourth-order valence-electron chi connectivity index (χ4n) is 3.03. The molecule has 0 bridgehead atoms. The molecule has 2 aliphatic heterocycles. The minimum Gasteiger partial charge on any atom is -0.379 e. The summed E-state index contributed by atoms with van der Waals surface area (Å²) in [5, 5.41) is 0. The Kier molecular flexibility index (Phi) is 5.80. The number of morpholine rings is 1. The van der Waals surface area contributed by atoms with Crippen LogP contribution in [0.5, 0.6) is 0 Å². The van der Waals surface area contributed by atoms with Gasteiger partial charge in [-0.25, -0.2) is 0 Å². The van der Waals surface area contributed by atoms with E-state index in [4.69, 9.17) is 4.74 Å². The quantitative estimate of drug-likeness (QED) is 0.766. The van der Waals surface area contributed by atoms with Crippen LogP contribution in [0.15, 0.2) is 0 Å². The van der Waals surface area contributed by atoms with Gasteiger partial charge >= 0.3 is 0 Å². The Hall–Kier alpha value is 0.230. The van der Waals surface area contributed by atoms with Crippen LogP contribution in [0.4, 0.5) is 0 Å². The zero-order valence-electron chi connectivity index (χ0n) is 11.8. The minimum absolute atomic E-state index is 0.733. The molecule has 0 radical (unpaired) electrons. The third kappa shape index (κ3) is 3.86. The van der Waals surface area contributed by atoms with Gasteiger partial charge in [0.2, 0.25) is 0 Å². The largest absolute Gasteiger partial charge is 0.379 e. The summed E-state index contributed by atoms with van der Waals surface area (Å²) in [5.41, 5.74) is 0. The molecule has 2 saturated heterocycles. The topological polar surface area (TPSA) is 15.7 Å². The summed E-state index contributed by atoms with van der Waals surface area (Å²) >= 11 is 4.50. The van der Waals surface area contributed by atoms with Crippen molar-refractivity contribution in [2.24, 2.45) is 11.8 Å². The van der Waals surface area contributed by atoms with E-state index in [0.29, 0.717) is 0 Å². The lowest BCUT2D eigenvalue weighted by Gasteiger charge is -2.32. The molecule has 0 aromatic rings. The highest BCUT2D eigenvalue weighted by molar-refractivity contribution is 7.80. The monoisotopic (exact) mass is 272 g/mol. The van der Waals surface area contributed by atoms with Crippen molar-refractivity contribution in [3.63, 3.8) is 0 Å². The molecule has 4 heteroatoms. The molecule has 3 nitrogen and oxygen atoms in total. The van der Waals surface area contributed by atoms with Crippen molar-refractivity contribution in [3.05, 3.63) is 0 Å². The van der Waals surface area contributed by atoms with Crippen molar-refractivity contribution >= 4 is 12.6 Å². The first-order valence-corrected chi connectivity index (χ1v) is 7.99. The van der Waals surface area contributed by atoms with Gasteiger partial charge in [-0.3, -0.25) is 4.90 Å². The van der Waals surface area contributed by atoms with E-state index in [1.165, 1.54) is 26.1 Å². The molecule has 0 amide bonds. The molecule has 2 heterocycles. The van der Waals surface area contributed by atoms with Gasteiger partial charge in [-0.15, -0.1) is 0 Å². The van der Waals surface area contributed by atoms with Crippen LogP contribution < -0.4 is 0 Å². The van der Waals surface area contributed by atoms with Crippen LogP contribution in [-0.4, -0.2) is 67.5 Å². The molecule has 2 fully saturated rings. The highest BCUT2D eigenvalue weighted by Gasteiger charge is 2.29. The van der Waals surface area contributed by atoms with Gasteiger partial charge in [0.1, 0.15) is 0 Å². The highest BCUT2D eigenvalue weighted by atomic mass is 32.1. The SMILES string of the molecule is CC(C)C(CS)CN1CCC(N2CCOCC2)C1. The van der Waals surface area contributed by atoms with Gasteiger partial charge in [-0.05, 0) is 30.6 Å². The van der Waals surface area contributed by atoms with Gasteiger partial charge in [0.15, 0.2) is 0 Å². The summed E-state index contributed by atoms with van der Waals surface area (Å²) < 4.78 is 5.43. The molecule has 0 aliphatic carbocycles. The summed E-state index contributed by atoms with van der Waals surface area (Å²) in [6, 6.07) is 0.765. The molecule has 2 aliphatic rings. The number of likely N-dealkylation sites (tertiary alicyclic amines) is 1. The number of nitrogens with zero attached hydrogens (tertiary/aromatic N) is 2. The molecule has 0 spiro atoms. The first-order valence-electron chi connectivity index (χ1n) is 7.35. The van der Waals surface area contributed by atoms with Gasteiger partial charge in [-0.2, -0.15) is 12.6 Å². The minimum atomic E-state index is 0.733. The summed E-state index contributed by atoms with van der Waals surface area (Å²) in [6.07, 6.45) is 1.33. The summed E-state index contributed by atoms with van der Waals surface area (Å²) in [5.74, 6) is 2.48. The summed E-state index contributed by atoms with van der Waals surface area (Å²) in [4.78, 5) is 5.26. The Labute approximate surface area is 117 Å². The van der Waals surface area contributed by atoms with Crippen LogP contribution in [0, 0.1) is 11.8 Å². The molecule has 2 rings (SSSR count). The predicted molar refractivity (Wildman–Crippen MR) is 79.4 cm³/mol. The number of hydrogen-bond donors (Lipinski definition) is 1. The van der Waals surface area contributed by atoms with Crippen LogP contribution in [-0.2, 0) is 4.74 Å². The van der Waals surface area contributed by atoms with E-state index in [1.807, 2.05) is 0 Å². The molecule has 2 atom stereocenters. The molecular formula is C14H28N2OS. The van der Waals surface area contributed by atoms with E-state index in [1.54, 1.807) is 0 Å². The van der Waals surface area contributed by atoms with E-state index in [-0.39, 0.29) is 0 Å². The lowest BCUT2D eigenvalue weighted by molar-refractivity contribution is 0.0182. The first kappa shape index (κ1) is 14.6. The van der Waals surface area contributed by atoms with E-state index < -0.39 is 0 Å². The summed E-state index contributed by atoms with van der Waals surface area (Å²) in [6.45, 7) is 12.5. The van der Waals surface area contributed by atoms with Gasteiger partial charge in [0, 0.05) is 32.2 Å². The molecule has 106 valence electrons. The maximum Gasteiger partial charge on any atom is 0.0594 e. The Morgan fingerprint density at radius 2 is 1.94 bits per heavy atom. The zero-order chi connectivity index (χ0) is 13.0. The Balaban J connectivity index is 1.77. The molecule has 0 aromatic heterocycles. The van der Waals surface area contributed by atoms with Crippen molar-refractivity contribution in [1.29, 1.82) is 0 Å². The van der Waals surface area contributed by atoms with E-state index in [2.05, 4.69) is 36.3 Å². The van der Waals surface area contributed by atoms with Crippen LogP contribution in [0.2, 0.25) is 0 Å². The van der Waals surface area contributed by atoms with Crippen LogP contribution in [0.3, 0.4) is 0 Å². The van der Waals surface area contributed by atoms with Gasteiger partial charge in [-0.1, -0.05) is 13.8 Å². The molecule has 18 heavy (non-hydrogen) atoms. The zero-order valence-corrected chi connectivity index (χ0v) is 12.7. The Bertz CT molecular complexity index is 244. The second-order valence-corrected chi connectivity index (χ2v) is 6.40. The fraction of sp³-hybridized carbons (Fsp3) is 1.00. The number of rotatable bonds is 5. The standard InChI is InChI=1S/C14H28N2OS/c1-12(2)13(11-18)9-15-4-3-14(10-15)16-5-7-17-8-6-16/h12-14,18H,3-11H2,1-2H3. The third-order valence-electron chi connectivity index (χ3n) is 4.48. The fourth-order valence-corrected chi connectivity index (χ4v) is 3.57. The Morgan fingerprint density at radius 1 is 1.22 bits per heavy atom. The lowest BCUT2D eigenvalue weighted by Crippen LogP contribution is -2.45. The van der Waals surface area contributed by atoms with Gasteiger partial charge < -0.3 is 9.64 Å². The molecule has 0 N–H and O–H groups in total. The van der Waals surface area contributed by atoms with Crippen molar-refractivity contribution in [2.45, 2.75) is 26.3 Å². The maximum atomic E-state index is 5.43. The maximum absolute atomic E-state index is 5.43. The second-order valence-electron chi connectivity index (χ2n) is 6.04. The Morgan fingerprint density at radius 3 is 2.56 bits per heavy atom. The third-order valence-corrected chi connectivity index (χ3v) is 4.95. The predicted octanol–water partition coefficient (Wildman–Crippen LogP) is 1.59. The van der Waals surface area contributed by atoms with Crippen molar-refractivity contribution in [1.82, 2.24) is 9.80 Å². The smallest absolute Gasteiger partial charge is 0.0594 e. The highest BCUT2D eigenvalue weighted by Crippen LogP contribution is 2.21. The van der Waals surface area contributed by atoms with Crippen LogP contribution in [0.25, 0.3) is 0 Å². The van der Waals surface area contributed by atoms with Crippen LogP contribution >= 0.6 is 12.6 Å². The molecule has 0 saturated carbocycles. The average Bonchev–Trinajstić information content (AvgIpc) is 2.85. The number of hydrogen-bond acceptors (Lipinski definition) is 4. The number of thiol groups is 1. The van der Waals surface area contributed by atoms with E-state index >= 15 is 0 Å².